The van der Waals surface area contributed by atoms with Crippen LogP contribution in [0.4, 0.5) is 0 Å². The molecule has 4 aromatic heterocycles. The Balaban J connectivity index is 1.21. The second-order valence-electron chi connectivity index (χ2n) is 13.0. The highest BCUT2D eigenvalue weighted by Gasteiger charge is 2.21. The molecule has 4 heterocycles. The molecule has 0 aliphatic rings. The highest BCUT2D eigenvalue weighted by atomic mass is 16.3. The van der Waals surface area contributed by atoms with Gasteiger partial charge in [0.1, 0.15) is 17.0 Å². The Bertz CT molecular complexity index is 3080. The molecule has 0 spiro atoms. The average molecular weight is 653 g/mol. The summed E-state index contributed by atoms with van der Waals surface area (Å²) in [4.78, 5) is 10.3. The number of para-hydroxylation sites is 3. The molecule has 0 bridgehead atoms. The van der Waals surface area contributed by atoms with Crippen LogP contribution in [-0.4, -0.2) is 19.1 Å². The Morgan fingerprint density at radius 1 is 0.412 bits per heavy atom. The van der Waals surface area contributed by atoms with E-state index in [1.165, 1.54) is 5.39 Å². The number of aromatic nitrogens is 4. The second-order valence-corrected chi connectivity index (χ2v) is 13.0. The maximum atomic E-state index is 6.57. The zero-order chi connectivity index (χ0) is 33.5. The number of fused-ring (bicyclic) bond motifs is 10. The predicted molar refractivity (Wildman–Crippen MR) is 209 cm³/mol. The maximum Gasteiger partial charge on any atom is 0.162 e. The summed E-state index contributed by atoms with van der Waals surface area (Å²) in [6, 6.07) is 59.4. The third-order valence-corrected chi connectivity index (χ3v) is 10.1. The Morgan fingerprint density at radius 3 is 1.84 bits per heavy atom. The van der Waals surface area contributed by atoms with Gasteiger partial charge in [0.05, 0.1) is 33.1 Å². The van der Waals surface area contributed by atoms with Crippen molar-refractivity contribution in [2.75, 3.05) is 0 Å². The van der Waals surface area contributed by atoms with Gasteiger partial charge in [0, 0.05) is 49.8 Å². The molecule has 0 amide bonds. The topological polar surface area (TPSA) is 48.8 Å². The molecule has 0 saturated heterocycles. The van der Waals surface area contributed by atoms with Crippen molar-refractivity contribution in [1.82, 2.24) is 19.1 Å². The normalized spacial score (nSPS) is 11.9. The Labute approximate surface area is 292 Å². The second kappa shape index (κ2) is 10.8. The first-order chi connectivity index (χ1) is 25.3. The summed E-state index contributed by atoms with van der Waals surface area (Å²) in [6.07, 6.45) is 0. The van der Waals surface area contributed by atoms with E-state index < -0.39 is 0 Å². The Hall–Kier alpha value is -6.98. The zero-order valence-electron chi connectivity index (χ0n) is 27.4. The molecule has 51 heavy (non-hydrogen) atoms. The van der Waals surface area contributed by atoms with Crippen molar-refractivity contribution in [3.8, 4) is 34.2 Å². The molecular formula is C46H28N4O. The number of furan rings is 1. The first-order valence-electron chi connectivity index (χ1n) is 17.2. The quantitative estimate of drug-likeness (QED) is 0.190. The summed E-state index contributed by atoms with van der Waals surface area (Å²) in [5, 5.41) is 6.88. The van der Waals surface area contributed by atoms with Crippen LogP contribution in [0, 0.1) is 0 Å². The smallest absolute Gasteiger partial charge is 0.162 e. The van der Waals surface area contributed by atoms with Gasteiger partial charge in [-0.05, 0) is 42.5 Å². The van der Waals surface area contributed by atoms with Gasteiger partial charge in [-0.15, -0.1) is 0 Å². The molecular weight excluding hydrogens is 625 g/mol. The van der Waals surface area contributed by atoms with E-state index in [1.54, 1.807) is 0 Å². The summed E-state index contributed by atoms with van der Waals surface area (Å²) < 4.78 is 11.2. The van der Waals surface area contributed by atoms with Crippen molar-refractivity contribution in [2.45, 2.75) is 0 Å². The van der Waals surface area contributed by atoms with Gasteiger partial charge in [0.25, 0.3) is 0 Å². The molecule has 5 heteroatoms. The van der Waals surface area contributed by atoms with Gasteiger partial charge < -0.3 is 8.98 Å². The van der Waals surface area contributed by atoms with E-state index in [1.807, 2.05) is 36.4 Å². The molecule has 11 aromatic rings. The summed E-state index contributed by atoms with van der Waals surface area (Å²) in [5.41, 5.74) is 10.2. The molecule has 0 N–H and O–H groups in total. The van der Waals surface area contributed by atoms with E-state index in [0.717, 1.165) is 88.5 Å². The largest absolute Gasteiger partial charge is 0.455 e. The minimum absolute atomic E-state index is 0.686. The molecule has 0 aliphatic heterocycles. The van der Waals surface area contributed by atoms with Crippen LogP contribution in [0.2, 0.25) is 0 Å². The summed E-state index contributed by atoms with van der Waals surface area (Å²) in [6.45, 7) is 0. The van der Waals surface area contributed by atoms with Crippen LogP contribution in [0.3, 0.4) is 0 Å². The van der Waals surface area contributed by atoms with E-state index in [4.69, 9.17) is 14.4 Å². The SMILES string of the molecule is c1ccc(-c2cc(-n3c4ccccc4c4ccc(-n5c6ccccc6c6c7oc8ccccc8c7ccc65)cc43)nc(-c3ccccc3)n2)cc1. The third-order valence-electron chi connectivity index (χ3n) is 10.1. The molecule has 0 unspecified atom stereocenters. The number of hydrogen-bond donors (Lipinski definition) is 0. The number of benzene rings is 7. The van der Waals surface area contributed by atoms with Gasteiger partial charge in [-0.3, -0.25) is 4.57 Å². The van der Waals surface area contributed by atoms with E-state index >= 15 is 0 Å². The van der Waals surface area contributed by atoms with E-state index in [-0.39, 0.29) is 0 Å². The molecule has 238 valence electrons. The lowest BCUT2D eigenvalue weighted by molar-refractivity contribution is 0.673. The monoisotopic (exact) mass is 652 g/mol. The lowest BCUT2D eigenvalue weighted by Gasteiger charge is -2.13. The van der Waals surface area contributed by atoms with Gasteiger partial charge in [0.15, 0.2) is 5.82 Å². The van der Waals surface area contributed by atoms with Gasteiger partial charge >= 0.3 is 0 Å². The first kappa shape index (κ1) is 27.9. The highest BCUT2D eigenvalue weighted by molar-refractivity contribution is 6.24. The van der Waals surface area contributed by atoms with Crippen LogP contribution in [0.15, 0.2) is 174 Å². The van der Waals surface area contributed by atoms with Crippen LogP contribution in [0.5, 0.6) is 0 Å². The maximum absolute atomic E-state index is 6.57. The Kier molecular flexibility index (Phi) is 5.89. The van der Waals surface area contributed by atoms with Crippen molar-refractivity contribution in [3.05, 3.63) is 170 Å². The first-order valence-corrected chi connectivity index (χ1v) is 17.2. The molecule has 0 radical (unpaired) electrons. The van der Waals surface area contributed by atoms with E-state index in [2.05, 4.69) is 143 Å². The van der Waals surface area contributed by atoms with E-state index in [9.17, 15) is 0 Å². The molecule has 7 aromatic carbocycles. The molecule has 0 saturated carbocycles. The van der Waals surface area contributed by atoms with E-state index in [0.29, 0.717) is 5.82 Å². The minimum Gasteiger partial charge on any atom is -0.455 e. The Morgan fingerprint density at radius 2 is 1.04 bits per heavy atom. The van der Waals surface area contributed by atoms with Gasteiger partial charge in [-0.25, -0.2) is 9.97 Å². The van der Waals surface area contributed by atoms with Crippen LogP contribution in [0.1, 0.15) is 0 Å². The molecule has 5 nitrogen and oxygen atoms in total. The third kappa shape index (κ3) is 4.15. The fourth-order valence-electron chi connectivity index (χ4n) is 7.88. The fraction of sp³-hybridized carbons (Fsp3) is 0. The van der Waals surface area contributed by atoms with Gasteiger partial charge in [-0.1, -0.05) is 121 Å². The highest BCUT2D eigenvalue weighted by Crippen LogP contribution is 2.42. The van der Waals surface area contributed by atoms with Crippen LogP contribution >= 0.6 is 0 Å². The number of rotatable bonds is 4. The van der Waals surface area contributed by atoms with Crippen LogP contribution < -0.4 is 0 Å². The number of hydrogen-bond acceptors (Lipinski definition) is 3. The fourth-order valence-corrected chi connectivity index (χ4v) is 7.88. The van der Waals surface area contributed by atoms with Gasteiger partial charge in [-0.2, -0.15) is 0 Å². The lowest BCUT2D eigenvalue weighted by atomic mass is 10.1. The summed E-state index contributed by atoms with van der Waals surface area (Å²) in [7, 11) is 0. The van der Waals surface area contributed by atoms with Crippen LogP contribution in [0.25, 0.3) is 99.7 Å². The summed E-state index contributed by atoms with van der Waals surface area (Å²) >= 11 is 0. The summed E-state index contributed by atoms with van der Waals surface area (Å²) in [5.74, 6) is 1.50. The van der Waals surface area contributed by atoms with Gasteiger partial charge in [0.2, 0.25) is 0 Å². The minimum atomic E-state index is 0.686. The molecule has 0 atom stereocenters. The van der Waals surface area contributed by atoms with Crippen molar-refractivity contribution >= 4 is 65.6 Å². The zero-order valence-corrected chi connectivity index (χ0v) is 27.4. The standard InChI is InChI=1S/C46H28N4O/c1-3-13-29(14-4-1)37-28-43(48-46(47-37)30-15-5-2-6-16-30)50-38-20-10-7-17-32(38)33-24-23-31(27-41(33)50)49-39-21-11-8-19-36(39)44-40(49)26-25-35-34-18-9-12-22-42(34)51-45(35)44/h1-28H. The number of nitrogens with zero attached hydrogens (tertiary/aromatic N) is 4. The average Bonchev–Trinajstić information content (AvgIpc) is 3.86. The lowest BCUT2D eigenvalue weighted by Crippen LogP contribution is -2.03. The van der Waals surface area contributed by atoms with Crippen LogP contribution in [-0.2, 0) is 0 Å². The van der Waals surface area contributed by atoms with Crippen molar-refractivity contribution < 1.29 is 4.42 Å². The predicted octanol–water partition coefficient (Wildman–Crippen LogP) is 11.9. The van der Waals surface area contributed by atoms with Crippen molar-refractivity contribution in [3.63, 3.8) is 0 Å². The van der Waals surface area contributed by atoms with Crippen molar-refractivity contribution in [1.29, 1.82) is 0 Å². The molecule has 0 aliphatic carbocycles. The van der Waals surface area contributed by atoms with Crippen molar-refractivity contribution in [2.24, 2.45) is 0 Å². The molecule has 0 fully saturated rings. The molecule has 11 rings (SSSR count).